The highest BCUT2D eigenvalue weighted by Crippen LogP contribution is 2.22. The van der Waals surface area contributed by atoms with Gasteiger partial charge in [0.1, 0.15) is 11.5 Å². The first-order valence-corrected chi connectivity index (χ1v) is 14.6. The van der Waals surface area contributed by atoms with Crippen molar-refractivity contribution in [3.8, 4) is 11.5 Å². The molecule has 0 saturated heterocycles. The Hall–Kier alpha value is -2.16. The van der Waals surface area contributed by atoms with Crippen LogP contribution in [0.4, 0.5) is 14.6 Å². The minimum absolute atomic E-state index is 0.1000. The van der Waals surface area contributed by atoms with Gasteiger partial charge in [-0.3, -0.25) is 14.4 Å². The number of benzene rings is 1. The quantitative estimate of drug-likeness (QED) is 0.116. The van der Waals surface area contributed by atoms with E-state index in [1.165, 1.54) is 6.07 Å². The fourth-order valence-electron chi connectivity index (χ4n) is 3.48. The summed E-state index contributed by atoms with van der Waals surface area (Å²) in [5, 5.41) is 7.67. The number of hydrogen-bond donors (Lipinski definition) is 3. The van der Waals surface area contributed by atoms with Gasteiger partial charge in [-0.25, -0.2) is 18.7 Å². The number of halogens is 3. The van der Waals surface area contributed by atoms with Gasteiger partial charge in [-0.2, -0.15) is 17.7 Å². The van der Waals surface area contributed by atoms with Crippen LogP contribution in [0.1, 0.15) is 17.7 Å². The molecule has 0 aliphatic carbocycles. The highest BCUT2D eigenvalue weighted by molar-refractivity contribution is 14.1. The Bertz CT molecular complexity index is 1290. The van der Waals surface area contributed by atoms with Gasteiger partial charge in [0, 0.05) is 24.4 Å². The monoisotopic (exact) mass is 641 g/mol. The molecule has 0 spiro atoms. The fourth-order valence-corrected chi connectivity index (χ4v) is 4.82. The van der Waals surface area contributed by atoms with Crippen LogP contribution in [0.15, 0.2) is 53.7 Å². The van der Waals surface area contributed by atoms with Crippen molar-refractivity contribution in [2.24, 2.45) is 4.99 Å². The molecule has 3 aromatic rings. The predicted molar refractivity (Wildman–Crippen MR) is 157 cm³/mol. The maximum absolute atomic E-state index is 14.4. The normalized spacial score (nSPS) is 14.6. The lowest BCUT2D eigenvalue weighted by molar-refractivity contribution is 0.584. The third kappa shape index (κ3) is 7.20. The molecule has 36 heavy (non-hydrogen) atoms. The van der Waals surface area contributed by atoms with Gasteiger partial charge in [0.25, 0.3) is 0 Å². The van der Waals surface area contributed by atoms with Crippen LogP contribution in [0.2, 0.25) is 0 Å². The Balaban J connectivity index is 1.51. The zero-order chi connectivity index (χ0) is 25.5. The van der Waals surface area contributed by atoms with Gasteiger partial charge in [-0.15, -0.1) is 10.7 Å². The molecule has 1 aromatic carbocycles. The van der Waals surface area contributed by atoms with Gasteiger partial charge < -0.3 is 5.32 Å². The molecule has 1 aliphatic heterocycles. The van der Waals surface area contributed by atoms with Crippen molar-refractivity contribution in [3.63, 3.8) is 0 Å². The summed E-state index contributed by atoms with van der Waals surface area (Å²) in [7, 11) is -0.263. The number of hydrogen-bond acceptors (Lipinski definition) is 7. The number of anilines is 1. The first-order valence-electron chi connectivity index (χ1n) is 11.3. The molecule has 2 aromatic heterocycles. The third-order valence-electron chi connectivity index (χ3n) is 5.27. The summed E-state index contributed by atoms with van der Waals surface area (Å²) >= 11 is 6.62. The van der Waals surface area contributed by atoms with Crippen molar-refractivity contribution < 1.29 is 8.78 Å². The molecule has 4 rings (SSSR count). The second kappa shape index (κ2) is 12.9. The molecule has 190 valence electrons. The van der Waals surface area contributed by atoms with E-state index in [9.17, 15) is 8.78 Å². The van der Waals surface area contributed by atoms with Crippen LogP contribution in [0, 0.1) is 11.6 Å². The average molecular weight is 642 g/mol. The summed E-state index contributed by atoms with van der Waals surface area (Å²) in [5.41, 5.74) is 2.41. The molecule has 0 saturated carbocycles. The summed E-state index contributed by atoms with van der Waals surface area (Å²) in [6.07, 6.45) is 5.91. The molecule has 2 unspecified atom stereocenters. The summed E-state index contributed by atoms with van der Waals surface area (Å²) in [6.45, 7) is 2.11. The van der Waals surface area contributed by atoms with E-state index >= 15 is 0 Å². The summed E-state index contributed by atoms with van der Waals surface area (Å²) in [4.78, 5) is 13.0. The molecule has 1 aliphatic rings. The van der Waals surface area contributed by atoms with E-state index in [1.54, 1.807) is 28.9 Å². The number of rotatable bonds is 12. The van der Waals surface area contributed by atoms with Crippen molar-refractivity contribution in [2.75, 3.05) is 30.7 Å². The second-order valence-corrected chi connectivity index (χ2v) is 12.7. The average Bonchev–Trinajstić information content (AvgIpc) is 3.52. The van der Waals surface area contributed by atoms with Gasteiger partial charge >= 0.3 is 0 Å². The topological polar surface area (TPSA) is 80.0 Å². The molecular formula is C24H26F2IN7S2. The molecule has 0 fully saturated rings. The molecule has 0 amide bonds. The molecule has 2 atom stereocenters. The molecule has 0 radical (unpaired) electrons. The van der Waals surface area contributed by atoms with Gasteiger partial charge in [0.2, 0.25) is 0 Å². The van der Waals surface area contributed by atoms with Crippen LogP contribution in [0.3, 0.4) is 0 Å². The first kappa shape index (κ1) is 26.9. The van der Waals surface area contributed by atoms with Gasteiger partial charge in [-0.1, -0.05) is 52.7 Å². The van der Waals surface area contributed by atoms with E-state index < -0.39 is 5.82 Å². The minimum Gasteiger partial charge on any atom is -0.367 e. The lowest BCUT2D eigenvalue weighted by Crippen LogP contribution is -2.16. The van der Waals surface area contributed by atoms with E-state index in [2.05, 4.69) is 71.2 Å². The number of allylic oxidation sites excluding steroid dienone is 1. The summed E-state index contributed by atoms with van der Waals surface area (Å²) in [5.74, 6) is 4.33. The maximum Gasteiger partial charge on any atom is 0.183 e. The molecule has 12 heteroatoms. The molecule has 7 nitrogen and oxygen atoms in total. The van der Waals surface area contributed by atoms with E-state index in [1.807, 2.05) is 12.2 Å². The predicted octanol–water partition coefficient (Wildman–Crippen LogP) is 4.72. The Morgan fingerprint density at radius 1 is 1.22 bits per heavy atom. The van der Waals surface area contributed by atoms with E-state index in [-0.39, 0.29) is 34.7 Å². The number of aliphatic imine (C=N–C) groups is 1. The van der Waals surface area contributed by atoms with Gasteiger partial charge in [0.15, 0.2) is 17.5 Å². The number of nitrogens with zero attached hydrogens (tertiary/aromatic N) is 5. The van der Waals surface area contributed by atoms with Crippen LogP contribution in [-0.2, 0) is 6.54 Å². The molecule has 2 N–H and O–H groups in total. The Labute approximate surface area is 230 Å². The highest BCUT2D eigenvalue weighted by atomic mass is 127. The van der Waals surface area contributed by atoms with Crippen LogP contribution in [-0.4, -0.2) is 60.0 Å². The third-order valence-corrected chi connectivity index (χ3v) is 7.46. The van der Waals surface area contributed by atoms with E-state index in [0.29, 0.717) is 39.1 Å². The number of aromatic nitrogens is 4. The minimum atomic E-state index is -0.549. The lowest BCUT2D eigenvalue weighted by Gasteiger charge is -2.12. The fraction of sp³-hybridized carbons (Fsp3) is 0.292. The lowest BCUT2D eigenvalue weighted by atomic mass is 10.2. The van der Waals surface area contributed by atoms with Crippen molar-refractivity contribution >= 4 is 63.3 Å². The summed E-state index contributed by atoms with van der Waals surface area (Å²) < 4.78 is 34.1. The maximum atomic E-state index is 14.4. The zero-order valence-corrected chi connectivity index (χ0v) is 23.2. The number of thiol groups is 1. The highest BCUT2D eigenvalue weighted by Gasteiger charge is 2.18. The Kier molecular flexibility index (Phi) is 9.62. The van der Waals surface area contributed by atoms with Crippen molar-refractivity contribution in [3.05, 3.63) is 71.6 Å². The van der Waals surface area contributed by atoms with Crippen LogP contribution in [0.5, 0.6) is 0 Å². The zero-order valence-electron chi connectivity index (χ0n) is 19.4. The SMILES string of the molecule is C=S(CCNc1nc(-c2cc(C3=NCC=C3)n(Cc3ccccc3F)n2)ncc1F)NCCC(S)I. The molecule has 0 bridgehead atoms. The van der Waals surface area contributed by atoms with Crippen molar-refractivity contribution in [2.45, 2.75) is 16.2 Å². The van der Waals surface area contributed by atoms with Gasteiger partial charge in [0.05, 0.1) is 33.9 Å². The van der Waals surface area contributed by atoms with Crippen molar-refractivity contribution in [1.29, 1.82) is 0 Å². The number of alkyl halides is 1. The summed E-state index contributed by atoms with van der Waals surface area (Å²) in [6, 6.07) is 8.36. The largest absolute Gasteiger partial charge is 0.367 e. The van der Waals surface area contributed by atoms with Gasteiger partial charge in [-0.05, 0) is 24.6 Å². The molecule has 3 heterocycles. The van der Waals surface area contributed by atoms with Crippen LogP contribution in [0.25, 0.3) is 11.5 Å². The standard InChI is InChI=1S/C24H26F2IN7S2/c1-36(31-10-8-22(27)35)12-11-29-23-18(26)14-30-24(32-23)20-13-21(19-7-4-9-28-19)34(33-20)15-16-5-2-3-6-17(16)25/h2-7,13-14,22,31,35H,1,8-12,15H2,(H,29,30,32). The van der Waals surface area contributed by atoms with E-state index in [4.69, 9.17) is 0 Å². The van der Waals surface area contributed by atoms with Crippen molar-refractivity contribution in [1.82, 2.24) is 24.5 Å². The van der Waals surface area contributed by atoms with Crippen LogP contribution < -0.4 is 10.0 Å². The smallest absolute Gasteiger partial charge is 0.183 e. The second-order valence-electron chi connectivity index (χ2n) is 7.92. The molecular weight excluding hydrogens is 615 g/mol. The Morgan fingerprint density at radius 3 is 2.81 bits per heavy atom. The van der Waals surface area contributed by atoms with E-state index in [0.717, 1.165) is 24.9 Å². The number of nitrogens with one attached hydrogen (secondary N) is 2. The van der Waals surface area contributed by atoms with Crippen LogP contribution >= 0.6 is 45.9 Å². The Morgan fingerprint density at radius 2 is 2.06 bits per heavy atom. The first-order chi connectivity index (χ1) is 17.4.